The Bertz CT molecular complexity index is 745. The van der Waals surface area contributed by atoms with Gasteiger partial charge in [-0.1, -0.05) is 17.7 Å². The van der Waals surface area contributed by atoms with Crippen molar-refractivity contribution < 1.29 is 14.6 Å². The standard InChI is InChI=1S/C17H17ClN2O3/c1-11-3-4-13(16(21)7-11)9-19-20-17(22)10-23-14-5-6-15(18)12(2)8-14/h3-9,21H,10H2,1-2H3,(H,20,22)/b19-9-. The van der Waals surface area contributed by atoms with Gasteiger partial charge in [-0.3, -0.25) is 4.79 Å². The van der Waals surface area contributed by atoms with E-state index in [-0.39, 0.29) is 12.4 Å². The lowest BCUT2D eigenvalue weighted by Crippen LogP contribution is -2.24. The number of phenols is 1. The van der Waals surface area contributed by atoms with Crippen molar-refractivity contribution in [3.8, 4) is 11.5 Å². The van der Waals surface area contributed by atoms with E-state index >= 15 is 0 Å². The van der Waals surface area contributed by atoms with Crippen molar-refractivity contribution in [3.63, 3.8) is 0 Å². The molecular weight excluding hydrogens is 316 g/mol. The maximum atomic E-state index is 11.7. The topological polar surface area (TPSA) is 70.9 Å². The average molecular weight is 333 g/mol. The van der Waals surface area contributed by atoms with Crippen molar-refractivity contribution in [2.45, 2.75) is 13.8 Å². The van der Waals surface area contributed by atoms with Gasteiger partial charge in [0, 0.05) is 10.6 Å². The first kappa shape index (κ1) is 16.8. The van der Waals surface area contributed by atoms with Crippen molar-refractivity contribution in [1.29, 1.82) is 0 Å². The Balaban J connectivity index is 1.85. The Morgan fingerprint density at radius 3 is 2.78 bits per heavy atom. The van der Waals surface area contributed by atoms with Crippen LogP contribution in [0.15, 0.2) is 41.5 Å². The molecule has 5 nitrogen and oxygen atoms in total. The van der Waals surface area contributed by atoms with E-state index in [4.69, 9.17) is 16.3 Å². The Labute approximate surface area is 139 Å². The number of hydrazone groups is 1. The van der Waals surface area contributed by atoms with Crippen LogP contribution < -0.4 is 10.2 Å². The summed E-state index contributed by atoms with van der Waals surface area (Å²) in [6, 6.07) is 10.3. The SMILES string of the molecule is Cc1ccc(/C=N\NC(=O)COc2ccc(Cl)c(C)c2)c(O)c1. The molecule has 0 aliphatic rings. The second-order valence-corrected chi connectivity index (χ2v) is 5.46. The van der Waals surface area contributed by atoms with Crippen LogP contribution in [0.3, 0.4) is 0 Å². The number of hydrogen-bond acceptors (Lipinski definition) is 4. The molecule has 0 spiro atoms. The minimum atomic E-state index is -0.402. The molecule has 0 saturated heterocycles. The fourth-order valence-corrected chi connectivity index (χ4v) is 1.94. The van der Waals surface area contributed by atoms with E-state index in [1.54, 1.807) is 30.3 Å². The minimum Gasteiger partial charge on any atom is -0.507 e. The van der Waals surface area contributed by atoms with Crippen molar-refractivity contribution in [2.75, 3.05) is 6.61 Å². The van der Waals surface area contributed by atoms with E-state index in [1.807, 2.05) is 19.9 Å². The van der Waals surface area contributed by atoms with Gasteiger partial charge in [-0.15, -0.1) is 0 Å². The van der Waals surface area contributed by atoms with Crippen LogP contribution in [0.25, 0.3) is 0 Å². The average Bonchev–Trinajstić information content (AvgIpc) is 2.50. The van der Waals surface area contributed by atoms with Gasteiger partial charge in [0.1, 0.15) is 11.5 Å². The number of nitrogens with zero attached hydrogens (tertiary/aromatic N) is 1. The first-order valence-corrected chi connectivity index (χ1v) is 7.34. The third-order valence-electron chi connectivity index (χ3n) is 3.08. The summed E-state index contributed by atoms with van der Waals surface area (Å²) in [7, 11) is 0. The zero-order chi connectivity index (χ0) is 16.8. The Morgan fingerprint density at radius 1 is 1.30 bits per heavy atom. The summed E-state index contributed by atoms with van der Waals surface area (Å²) in [4.78, 5) is 11.7. The largest absolute Gasteiger partial charge is 0.507 e. The van der Waals surface area contributed by atoms with Crippen LogP contribution in [0, 0.1) is 13.8 Å². The number of ether oxygens (including phenoxy) is 1. The molecule has 0 aliphatic heterocycles. The fourth-order valence-electron chi connectivity index (χ4n) is 1.82. The van der Waals surface area contributed by atoms with Crippen molar-refractivity contribution >= 4 is 23.7 Å². The molecular formula is C17H17ClN2O3. The van der Waals surface area contributed by atoms with Gasteiger partial charge in [-0.05, 0) is 55.3 Å². The summed E-state index contributed by atoms with van der Waals surface area (Å²) in [6.45, 7) is 3.56. The molecule has 1 amide bonds. The molecule has 2 rings (SSSR count). The van der Waals surface area contributed by atoms with Gasteiger partial charge < -0.3 is 9.84 Å². The molecule has 0 bridgehead atoms. The van der Waals surface area contributed by atoms with Crippen molar-refractivity contribution in [2.24, 2.45) is 5.10 Å². The van der Waals surface area contributed by atoms with E-state index < -0.39 is 5.91 Å². The van der Waals surface area contributed by atoms with Gasteiger partial charge >= 0.3 is 0 Å². The number of hydrogen-bond donors (Lipinski definition) is 2. The summed E-state index contributed by atoms with van der Waals surface area (Å²) in [6.07, 6.45) is 1.37. The van der Waals surface area contributed by atoms with Crippen LogP contribution in [0.2, 0.25) is 5.02 Å². The minimum absolute atomic E-state index is 0.107. The van der Waals surface area contributed by atoms with E-state index in [2.05, 4.69) is 10.5 Å². The smallest absolute Gasteiger partial charge is 0.277 e. The highest BCUT2D eigenvalue weighted by atomic mass is 35.5. The maximum Gasteiger partial charge on any atom is 0.277 e. The number of aryl methyl sites for hydroxylation is 2. The lowest BCUT2D eigenvalue weighted by molar-refractivity contribution is -0.123. The summed E-state index contributed by atoms with van der Waals surface area (Å²) < 4.78 is 5.35. The van der Waals surface area contributed by atoms with Crippen LogP contribution in [0.5, 0.6) is 11.5 Å². The number of aromatic hydroxyl groups is 1. The van der Waals surface area contributed by atoms with E-state index in [0.29, 0.717) is 16.3 Å². The second-order valence-electron chi connectivity index (χ2n) is 5.06. The number of rotatable bonds is 5. The highest BCUT2D eigenvalue weighted by molar-refractivity contribution is 6.31. The second kappa shape index (κ2) is 7.65. The zero-order valence-corrected chi connectivity index (χ0v) is 13.6. The molecule has 2 aromatic carbocycles. The summed E-state index contributed by atoms with van der Waals surface area (Å²) in [5.74, 6) is 0.263. The Kier molecular flexibility index (Phi) is 5.60. The molecule has 2 aromatic rings. The van der Waals surface area contributed by atoms with Crippen molar-refractivity contribution in [3.05, 3.63) is 58.1 Å². The summed E-state index contributed by atoms with van der Waals surface area (Å²) in [5.41, 5.74) is 4.67. The van der Waals surface area contributed by atoms with Gasteiger partial charge in [-0.2, -0.15) is 5.10 Å². The number of amides is 1. The molecule has 2 N–H and O–H groups in total. The van der Waals surface area contributed by atoms with Crippen LogP contribution in [-0.2, 0) is 4.79 Å². The lowest BCUT2D eigenvalue weighted by atomic mass is 10.1. The van der Waals surface area contributed by atoms with E-state index in [0.717, 1.165) is 11.1 Å². The third-order valence-corrected chi connectivity index (χ3v) is 3.50. The lowest BCUT2D eigenvalue weighted by Gasteiger charge is -2.06. The molecule has 0 unspecified atom stereocenters. The quantitative estimate of drug-likeness (QED) is 0.652. The van der Waals surface area contributed by atoms with Crippen molar-refractivity contribution in [1.82, 2.24) is 5.43 Å². The van der Waals surface area contributed by atoms with Gasteiger partial charge in [0.05, 0.1) is 6.21 Å². The molecule has 0 atom stereocenters. The highest BCUT2D eigenvalue weighted by Crippen LogP contribution is 2.20. The first-order chi connectivity index (χ1) is 11.0. The highest BCUT2D eigenvalue weighted by Gasteiger charge is 2.03. The monoisotopic (exact) mass is 332 g/mol. The predicted octanol–water partition coefficient (Wildman–Crippen LogP) is 3.19. The predicted molar refractivity (Wildman–Crippen MR) is 90.3 cm³/mol. The number of halogens is 1. The molecule has 120 valence electrons. The van der Waals surface area contributed by atoms with Gasteiger partial charge in [-0.25, -0.2) is 5.43 Å². The third kappa shape index (κ3) is 5.00. The van der Waals surface area contributed by atoms with Gasteiger partial charge in [0.15, 0.2) is 6.61 Å². The molecule has 23 heavy (non-hydrogen) atoms. The first-order valence-electron chi connectivity index (χ1n) is 6.96. The van der Waals surface area contributed by atoms with E-state index in [1.165, 1.54) is 6.21 Å². The molecule has 0 fully saturated rings. The van der Waals surface area contributed by atoms with Gasteiger partial charge in [0.25, 0.3) is 5.91 Å². The summed E-state index contributed by atoms with van der Waals surface area (Å²) >= 11 is 5.92. The molecule has 0 saturated carbocycles. The van der Waals surface area contributed by atoms with Crippen LogP contribution in [-0.4, -0.2) is 23.8 Å². The van der Waals surface area contributed by atoms with Crippen LogP contribution >= 0.6 is 11.6 Å². The van der Waals surface area contributed by atoms with Crippen LogP contribution in [0.4, 0.5) is 0 Å². The molecule has 0 radical (unpaired) electrons. The molecule has 6 heteroatoms. The zero-order valence-electron chi connectivity index (χ0n) is 12.8. The van der Waals surface area contributed by atoms with Crippen LogP contribution in [0.1, 0.15) is 16.7 Å². The Hall–Kier alpha value is -2.53. The number of phenolic OH excluding ortho intramolecular Hbond substituents is 1. The fraction of sp³-hybridized carbons (Fsp3) is 0.176. The molecule has 0 aliphatic carbocycles. The molecule has 0 aromatic heterocycles. The van der Waals surface area contributed by atoms with Gasteiger partial charge in [0.2, 0.25) is 0 Å². The maximum absolute atomic E-state index is 11.7. The Morgan fingerprint density at radius 2 is 2.09 bits per heavy atom. The molecule has 0 heterocycles. The number of benzene rings is 2. The number of carbonyl (C=O) groups excluding carboxylic acids is 1. The number of nitrogens with one attached hydrogen (secondary N) is 1. The summed E-state index contributed by atoms with van der Waals surface area (Å²) in [5, 5.41) is 14.2. The van der Waals surface area contributed by atoms with E-state index in [9.17, 15) is 9.90 Å². The normalized spacial score (nSPS) is 10.7. The number of carbonyl (C=O) groups is 1.